The molecule has 1 nitrogen and oxygen atoms in total. The number of benzene rings is 2. The van der Waals surface area contributed by atoms with Crippen molar-refractivity contribution in [3.8, 4) is 0 Å². The SMILES string of the molecule is c1cnc2c(c1)cc1c3c(cccc32)CC1. The van der Waals surface area contributed by atoms with Gasteiger partial charge in [-0.05, 0) is 41.5 Å². The highest BCUT2D eigenvalue weighted by molar-refractivity contribution is 6.08. The number of rotatable bonds is 0. The van der Waals surface area contributed by atoms with Crippen LogP contribution in [0.15, 0.2) is 42.6 Å². The summed E-state index contributed by atoms with van der Waals surface area (Å²) >= 11 is 0. The third-order valence-corrected chi connectivity index (χ3v) is 3.56. The second-order valence-electron chi connectivity index (χ2n) is 4.45. The summed E-state index contributed by atoms with van der Waals surface area (Å²) in [4.78, 5) is 4.52. The van der Waals surface area contributed by atoms with Gasteiger partial charge in [-0.3, -0.25) is 4.98 Å². The highest BCUT2D eigenvalue weighted by Crippen LogP contribution is 2.34. The number of nitrogens with zero attached hydrogens (tertiary/aromatic N) is 1. The van der Waals surface area contributed by atoms with E-state index >= 15 is 0 Å². The van der Waals surface area contributed by atoms with Crippen LogP contribution in [-0.4, -0.2) is 4.98 Å². The molecule has 0 atom stereocenters. The Morgan fingerprint density at radius 2 is 1.88 bits per heavy atom. The Morgan fingerprint density at radius 3 is 2.88 bits per heavy atom. The maximum absolute atomic E-state index is 4.52. The topological polar surface area (TPSA) is 12.9 Å². The van der Waals surface area contributed by atoms with Gasteiger partial charge in [0, 0.05) is 17.0 Å². The molecular weight excluding hydrogens is 194 g/mol. The lowest BCUT2D eigenvalue weighted by molar-refractivity contribution is 1.03. The van der Waals surface area contributed by atoms with E-state index in [-0.39, 0.29) is 0 Å². The van der Waals surface area contributed by atoms with Crippen LogP contribution in [0.2, 0.25) is 0 Å². The minimum atomic E-state index is 1.14. The first kappa shape index (κ1) is 8.28. The van der Waals surface area contributed by atoms with Crippen molar-refractivity contribution in [2.24, 2.45) is 0 Å². The lowest BCUT2D eigenvalue weighted by Crippen LogP contribution is -1.84. The van der Waals surface area contributed by atoms with Crippen LogP contribution >= 0.6 is 0 Å². The first-order valence-corrected chi connectivity index (χ1v) is 5.72. The molecule has 0 unspecified atom stereocenters. The van der Waals surface area contributed by atoms with Gasteiger partial charge < -0.3 is 0 Å². The lowest BCUT2D eigenvalue weighted by Gasteiger charge is -2.05. The van der Waals surface area contributed by atoms with Gasteiger partial charge in [-0.15, -0.1) is 0 Å². The minimum absolute atomic E-state index is 1.14. The third kappa shape index (κ3) is 0.929. The van der Waals surface area contributed by atoms with Crippen LogP contribution in [0.1, 0.15) is 11.1 Å². The minimum Gasteiger partial charge on any atom is -0.256 e. The van der Waals surface area contributed by atoms with Crippen molar-refractivity contribution in [2.45, 2.75) is 12.8 Å². The van der Waals surface area contributed by atoms with Gasteiger partial charge in [0.1, 0.15) is 0 Å². The van der Waals surface area contributed by atoms with Gasteiger partial charge in [-0.1, -0.05) is 24.3 Å². The average Bonchev–Trinajstić information content (AvgIpc) is 2.75. The van der Waals surface area contributed by atoms with E-state index in [9.17, 15) is 0 Å². The van der Waals surface area contributed by atoms with Crippen LogP contribution in [0.25, 0.3) is 21.7 Å². The first-order chi connectivity index (χ1) is 7.93. The molecule has 0 fully saturated rings. The molecule has 4 rings (SSSR count). The van der Waals surface area contributed by atoms with Crippen molar-refractivity contribution in [3.63, 3.8) is 0 Å². The predicted octanol–water partition coefficient (Wildman–Crippen LogP) is 3.49. The predicted molar refractivity (Wildman–Crippen MR) is 66.7 cm³/mol. The Labute approximate surface area is 93.7 Å². The summed E-state index contributed by atoms with van der Waals surface area (Å²) in [7, 11) is 0. The molecule has 1 heteroatoms. The van der Waals surface area contributed by atoms with Gasteiger partial charge in [0.25, 0.3) is 0 Å². The fourth-order valence-corrected chi connectivity index (χ4v) is 2.87. The molecule has 0 radical (unpaired) electrons. The number of pyridine rings is 1. The number of aryl methyl sites for hydroxylation is 2. The molecule has 0 saturated heterocycles. The van der Waals surface area contributed by atoms with Crippen molar-refractivity contribution >= 4 is 21.7 Å². The highest BCUT2D eigenvalue weighted by Gasteiger charge is 2.15. The highest BCUT2D eigenvalue weighted by atomic mass is 14.6. The summed E-state index contributed by atoms with van der Waals surface area (Å²) in [5.74, 6) is 0. The molecule has 3 aromatic rings. The Bertz CT molecular complexity index is 713. The maximum Gasteiger partial charge on any atom is 0.0780 e. The fraction of sp³-hybridized carbons (Fsp3) is 0.133. The summed E-state index contributed by atoms with van der Waals surface area (Å²) in [6, 6.07) is 13.1. The van der Waals surface area contributed by atoms with Gasteiger partial charge in [-0.2, -0.15) is 0 Å². The summed E-state index contributed by atoms with van der Waals surface area (Å²) in [5, 5.41) is 4.04. The van der Waals surface area contributed by atoms with Crippen LogP contribution in [0, 0.1) is 0 Å². The molecule has 0 spiro atoms. The van der Waals surface area contributed by atoms with Gasteiger partial charge in [-0.25, -0.2) is 0 Å². The number of fused-ring (bicyclic) bond motifs is 2. The number of hydrogen-bond acceptors (Lipinski definition) is 1. The zero-order valence-electron chi connectivity index (χ0n) is 8.90. The Morgan fingerprint density at radius 1 is 0.938 bits per heavy atom. The van der Waals surface area contributed by atoms with Crippen molar-refractivity contribution in [2.75, 3.05) is 0 Å². The molecule has 1 aliphatic carbocycles. The van der Waals surface area contributed by atoms with Crippen molar-refractivity contribution < 1.29 is 0 Å². The molecular formula is C15H11N. The Balaban J connectivity index is 2.36. The van der Waals surface area contributed by atoms with Crippen LogP contribution in [-0.2, 0) is 12.8 Å². The van der Waals surface area contributed by atoms with Crippen LogP contribution in [0.5, 0.6) is 0 Å². The van der Waals surface area contributed by atoms with Crippen molar-refractivity contribution in [1.82, 2.24) is 4.98 Å². The second-order valence-corrected chi connectivity index (χ2v) is 4.45. The van der Waals surface area contributed by atoms with E-state index in [0.717, 1.165) is 5.52 Å². The smallest absolute Gasteiger partial charge is 0.0780 e. The molecule has 0 amide bonds. The summed E-state index contributed by atoms with van der Waals surface area (Å²) in [6.45, 7) is 0. The average molecular weight is 205 g/mol. The molecule has 0 N–H and O–H groups in total. The lowest BCUT2D eigenvalue weighted by atomic mass is 10.0. The van der Waals surface area contributed by atoms with E-state index in [0.29, 0.717) is 0 Å². The van der Waals surface area contributed by atoms with Crippen LogP contribution in [0.4, 0.5) is 0 Å². The fourth-order valence-electron chi connectivity index (χ4n) is 2.87. The Hall–Kier alpha value is -1.89. The molecule has 1 aliphatic rings. The second kappa shape index (κ2) is 2.82. The maximum atomic E-state index is 4.52. The largest absolute Gasteiger partial charge is 0.256 e. The van der Waals surface area contributed by atoms with Gasteiger partial charge in [0.2, 0.25) is 0 Å². The first-order valence-electron chi connectivity index (χ1n) is 5.72. The summed E-state index contributed by atoms with van der Waals surface area (Å²) in [5.41, 5.74) is 4.12. The molecule has 16 heavy (non-hydrogen) atoms. The third-order valence-electron chi connectivity index (χ3n) is 3.56. The van der Waals surface area contributed by atoms with Crippen molar-refractivity contribution in [1.29, 1.82) is 0 Å². The molecule has 1 aromatic heterocycles. The number of aromatic nitrogens is 1. The van der Waals surface area contributed by atoms with Gasteiger partial charge in [0.15, 0.2) is 0 Å². The van der Waals surface area contributed by atoms with Gasteiger partial charge >= 0.3 is 0 Å². The van der Waals surface area contributed by atoms with Crippen molar-refractivity contribution in [3.05, 3.63) is 53.7 Å². The van der Waals surface area contributed by atoms with Crippen LogP contribution in [0.3, 0.4) is 0 Å². The van der Waals surface area contributed by atoms with E-state index in [4.69, 9.17) is 0 Å². The number of hydrogen-bond donors (Lipinski definition) is 0. The molecule has 1 heterocycles. The van der Waals surface area contributed by atoms with E-state index < -0.39 is 0 Å². The van der Waals surface area contributed by atoms with Gasteiger partial charge in [0.05, 0.1) is 5.52 Å². The molecule has 76 valence electrons. The Kier molecular flexibility index (Phi) is 1.46. The van der Waals surface area contributed by atoms with E-state index in [1.54, 1.807) is 0 Å². The quantitative estimate of drug-likeness (QED) is 0.512. The van der Waals surface area contributed by atoms with E-state index in [1.807, 2.05) is 12.3 Å². The standard InChI is InChI=1S/C15H11N/c1-3-10-6-7-11-9-12-4-2-8-16-15(12)13(5-1)14(10)11/h1-5,8-9H,6-7H2. The molecule has 2 aromatic carbocycles. The van der Waals surface area contributed by atoms with Crippen LogP contribution < -0.4 is 0 Å². The molecule has 0 saturated carbocycles. The van der Waals surface area contributed by atoms with E-state index in [2.05, 4.69) is 35.3 Å². The normalized spacial score (nSPS) is 13.8. The monoisotopic (exact) mass is 205 g/mol. The molecule has 0 aliphatic heterocycles. The van der Waals surface area contributed by atoms with E-state index in [1.165, 1.54) is 40.1 Å². The zero-order chi connectivity index (χ0) is 10.5. The zero-order valence-corrected chi connectivity index (χ0v) is 8.90. The molecule has 0 bridgehead atoms. The summed E-state index contributed by atoms with van der Waals surface area (Å²) in [6.07, 6.45) is 4.25. The summed E-state index contributed by atoms with van der Waals surface area (Å²) < 4.78 is 0.